The number of aryl methyl sites for hydroxylation is 1. The van der Waals surface area contributed by atoms with Crippen molar-refractivity contribution in [2.45, 2.75) is 72.1 Å². The molecule has 0 aliphatic carbocycles. The van der Waals surface area contributed by atoms with Gasteiger partial charge in [-0.3, -0.25) is 4.99 Å². The quantitative estimate of drug-likeness (QED) is 0.473. The van der Waals surface area contributed by atoms with Crippen molar-refractivity contribution in [3.05, 3.63) is 23.9 Å². The van der Waals surface area contributed by atoms with E-state index in [0.717, 1.165) is 37.7 Å². The molecular weight excluding hydrogens is 392 g/mol. The molecule has 0 aromatic carbocycles. The van der Waals surface area contributed by atoms with Gasteiger partial charge in [-0.05, 0) is 58.1 Å². The molecule has 1 saturated heterocycles. The minimum Gasteiger partial charge on any atom is -0.444 e. The Balaban J connectivity index is 1.80. The first-order valence-corrected chi connectivity index (χ1v) is 11.2. The van der Waals surface area contributed by atoms with E-state index in [2.05, 4.69) is 63.7 Å². The number of nitrogens with one attached hydrogen (secondary N) is 3. The zero-order chi connectivity index (χ0) is 23.0. The number of hydrogen-bond acceptors (Lipinski definition) is 5. The van der Waals surface area contributed by atoms with Crippen LogP contribution >= 0.6 is 0 Å². The lowest BCUT2D eigenvalue weighted by Crippen LogP contribution is -2.53. The van der Waals surface area contributed by atoms with Gasteiger partial charge in [0.2, 0.25) is 0 Å². The molecule has 0 radical (unpaired) electrons. The minimum atomic E-state index is -0.514. The predicted octanol–water partition coefficient (Wildman–Crippen LogP) is 3.07. The van der Waals surface area contributed by atoms with Crippen molar-refractivity contribution in [1.82, 2.24) is 20.9 Å². The van der Waals surface area contributed by atoms with Gasteiger partial charge in [0.25, 0.3) is 0 Å². The van der Waals surface area contributed by atoms with Crippen molar-refractivity contribution in [2.75, 3.05) is 31.6 Å². The predicted molar refractivity (Wildman–Crippen MR) is 127 cm³/mol. The van der Waals surface area contributed by atoms with Crippen molar-refractivity contribution in [3.8, 4) is 0 Å². The molecule has 0 bridgehead atoms. The number of rotatable bonds is 6. The first kappa shape index (κ1) is 24.8. The van der Waals surface area contributed by atoms with E-state index in [1.807, 2.05) is 27.0 Å². The SMILES string of the molecule is CN=C(NCC(NC(=O)OC(C)(C)C)C(C)C)NC1CCN(c2ccc(C)cn2)CC1. The Morgan fingerprint density at radius 2 is 1.97 bits per heavy atom. The molecule has 0 saturated carbocycles. The van der Waals surface area contributed by atoms with Gasteiger partial charge in [-0.2, -0.15) is 0 Å². The molecule has 8 heteroatoms. The lowest BCUT2D eigenvalue weighted by Gasteiger charge is -2.34. The fraction of sp³-hybridized carbons (Fsp3) is 0.696. The van der Waals surface area contributed by atoms with Gasteiger partial charge in [-0.15, -0.1) is 0 Å². The van der Waals surface area contributed by atoms with Crippen LogP contribution in [-0.4, -0.2) is 61.4 Å². The average Bonchev–Trinajstić information content (AvgIpc) is 2.69. The minimum absolute atomic E-state index is 0.0668. The monoisotopic (exact) mass is 432 g/mol. The topological polar surface area (TPSA) is 90.9 Å². The molecule has 1 amide bonds. The van der Waals surface area contributed by atoms with E-state index in [9.17, 15) is 4.79 Å². The molecule has 1 atom stereocenters. The van der Waals surface area contributed by atoms with Crippen LogP contribution in [-0.2, 0) is 4.74 Å². The molecule has 174 valence electrons. The summed E-state index contributed by atoms with van der Waals surface area (Å²) in [7, 11) is 1.77. The molecule has 1 aromatic rings. The van der Waals surface area contributed by atoms with Crippen LogP contribution in [0, 0.1) is 12.8 Å². The highest BCUT2D eigenvalue weighted by atomic mass is 16.6. The van der Waals surface area contributed by atoms with Gasteiger partial charge in [0.1, 0.15) is 11.4 Å². The second-order valence-corrected chi connectivity index (χ2v) is 9.55. The number of guanidine groups is 1. The van der Waals surface area contributed by atoms with Crippen molar-refractivity contribution in [3.63, 3.8) is 0 Å². The highest BCUT2D eigenvalue weighted by Gasteiger charge is 2.23. The number of carbonyl (C=O) groups excluding carboxylic acids is 1. The van der Waals surface area contributed by atoms with E-state index in [-0.39, 0.29) is 12.0 Å². The van der Waals surface area contributed by atoms with Crippen LogP contribution in [0.5, 0.6) is 0 Å². The maximum atomic E-state index is 12.2. The van der Waals surface area contributed by atoms with Crippen LogP contribution in [0.15, 0.2) is 23.3 Å². The molecule has 2 heterocycles. The second kappa shape index (κ2) is 11.2. The number of carbonyl (C=O) groups is 1. The summed E-state index contributed by atoms with van der Waals surface area (Å²) in [5.41, 5.74) is 0.663. The zero-order valence-electron chi connectivity index (χ0n) is 20.2. The molecule has 8 nitrogen and oxygen atoms in total. The fourth-order valence-electron chi connectivity index (χ4n) is 3.41. The number of anilines is 1. The number of alkyl carbamates (subject to hydrolysis) is 1. The van der Waals surface area contributed by atoms with Crippen LogP contribution in [0.2, 0.25) is 0 Å². The van der Waals surface area contributed by atoms with Crippen LogP contribution in [0.25, 0.3) is 0 Å². The Morgan fingerprint density at radius 3 is 2.48 bits per heavy atom. The summed E-state index contributed by atoms with van der Waals surface area (Å²) in [5.74, 6) is 2.05. The Hall–Kier alpha value is -2.51. The first-order chi connectivity index (χ1) is 14.6. The number of aromatic nitrogens is 1. The largest absolute Gasteiger partial charge is 0.444 e. The normalized spacial score (nSPS) is 16.8. The summed E-state index contributed by atoms with van der Waals surface area (Å²) in [6.45, 7) is 14.3. The van der Waals surface area contributed by atoms with Crippen molar-refractivity contribution in [2.24, 2.45) is 10.9 Å². The van der Waals surface area contributed by atoms with Crippen LogP contribution in [0.1, 0.15) is 53.0 Å². The van der Waals surface area contributed by atoms with Gasteiger partial charge >= 0.3 is 6.09 Å². The van der Waals surface area contributed by atoms with Gasteiger partial charge in [-0.1, -0.05) is 19.9 Å². The Morgan fingerprint density at radius 1 is 1.29 bits per heavy atom. The molecule has 3 N–H and O–H groups in total. The third kappa shape index (κ3) is 8.63. The molecule has 0 spiro atoms. The molecular formula is C23H40N6O2. The summed E-state index contributed by atoms with van der Waals surface area (Å²) in [6, 6.07) is 4.48. The lowest BCUT2D eigenvalue weighted by atomic mass is 10.0. The third-order valence-electron chi connectivity index (χ3n) is 5.28. The Bertz CT molecular complexity index is 719. The number of ether oxygens (including phenoxy) is 1. The van der Waals surface area contributed by atoms with Gasteiger partial charge in [0.05, 0.1) is 6.04 Å². The summed E-state index contributed by atoms with van der Waals surface area (Å²) in [6.07, 6.45) is 3.55. The highest BCUT2D eigenvalue weighted by molar-refractivity contribution is 5.80. The first-order valence-electron chi connectivity index (χ1n) is 11.2. The summed E-state index contributed by atoms with van der Waals surface area (Å²) < 4.78 is 5.39. The standard InChI is InChI=1S/C23H40N6O2/c1-16(2)19(28-22(30)31-23(4,5)6)15-26-21(24-7)27-18-10-12-29(13-11-18)20-9-8-17(3)14-25-20/h8-9,14,16,18-19H,10-13,15H2,1-7H3,(H,28,30)(H2,24,26,27). The van der Waals surface area contributed by atoms with E-state index < -0.39 is 11.7 Å². The number of piperidine rings is 1. The lowest BCUT2D eigenvalue weighted by molar-refractivity contribution is 0.0491. The van der Waals surface area contributed by atoms with Gasteiger partial charge in [-0.25, -0.2) is 9.78 Å². The average molecular weight is 433 g/mol. The van der Waals surface area contributed by atoms with Crippen LogP contribution in [0.4, 0.5) is 10.6 Å². The maximum Gasteiger partial charge on any atom is 0.407 e. The van der Waals surface area contributed by atoms with E-state index in [1.165, 1.54) is 5.56 Å². The summed E-state index contributed by atoms with van der Waals surface area (Å²) >= 11 is 0. The molecule has 2 rings (SSSR count). The smallest absolute Gasteiger partial charge is 0.407 e. The Labute approximate surface area is 187 Å². The summed E-state index contributed by atoms with van der Waals surface area (Å²) in [4.78, 5) is 23.4. The van der Waals surface area contributed by atoms with Crippen LogP contribution in [0.3, 0.4) is 0 Å². The maximum absolute atomic E-state index is 12.2. The number of hydrogen-bond donors (Lipinski definition) is 3. The van der Waals surface area contributed by atoms with Crippen LogP contribution < -0.4 is 20.9 Å². The van der Waals surface area contributed by atoms with Gasteiger partial charge < -0.3 is 25.6 Å². The number of amides is 1. The van der Waals surface area contributed by atoms with E-state index in [0.29, 0.717) is 12.6 Å². The fourth-order valence-corrected chi connectivity index (χ4v) is 3.41. The van der Waals surface area contributed by atoms with Gasteiger partial charge in [0.15, 0.2) is 5.96 Å². The molecule has 1 aliphatic heterocycles. The Kier molecular flexibility index (Phi) is 8.95. The summed E-state index contributed by atoms with van der Waals surface area (Å²) in [5, 5.41) is 9.84. The van der Waals surface area contributed by atoms with Crippen molar-refractivity contribution >= 4 is 17.9 Å². The molecule has 1 aliphatic rings. The van der Waals surface area contributed by atoms with Crippen molar-refractivity contribution < 1.29 is 9.53 Å². The van der Waals surface area contributed by atoms with Crippen molar-refractivity contribution in [1.29, 1.82) is 0 Å². The highest BCUT2D eigenvalue weighted by Crippen LogP contribution is 2.18. The third-order valence-corrected chi connectivity index (χ3v) is 5.28. The molecule has 1 unspecified atom stereocenters. The van der Waals surface area contributed by atoms with Gasteiger partial charge in [0, 0.05) is 38.9 Å². The molecule has 1 fully saturated rings. The van der Waals surface area contributed by atoms with E-state index in [4.69, 9.17) is 4.74 Å². The molecule has 31 heavy (non-hydrogen) atoms. The van der Waals surface area contributed by atoms with E-state index in [1.54, 1.807) is 7.05 Å². The number of nitrogens with zero attached hydrogens (tertiary/aromatic N) is 3. The zero-order valence-corrected chi connectivity index (χ0v) is 20.2. The number of aliphatic imine (C=N–C) groups is 1. The molecule has 1 aromatic heterocycles. The second-order valence-electron chi connectivity index (χ2n) is 9.55. The number of pyridine rings is 1. The van der Waals surface area contributed by atoms with E-state index >= 15 is 0 Å².